The van der Waals surface area contributed by atoms with Crippen LogP contribution < -0.4 is 10.0 Å². The van der Waals surface area contributed by atoms with Crippen molar-refractivity contribution in [3.63, 3.8) is 0 Å². The second-order valence-electron chi connectivity index (χ2n) is 3.89. The van der Waals surface area contributed by atoms with Crippen LogP contribution in [0.15, 0.2) is 23.1 Å². The lowest BCUT2D eigenvalue weighted by Gasteiger charge is -2.14. The Morgan fingerprint density at radius 1 is 1.19 bits per heavy atom. The zero-order chi connectivity index (χ0) is 15.4. The Labute approximate surface area is 126 Å². The molecule has 0 heterocycles. The summed E-state index contributed by atoms with van der Waals surface area (Å²) in [5, 5.41) is 2.82. The Balaban J connectivity index is 0.00000400. The van der Waals surface area contributed by atoms with E-state index >= 15 is 0 Å². The summed E-state index contributed by atoms with van der Waals surface area (Å²) in [5.41, 5.74) is -1.52. The van der Waals surface area contributed by atoms with E-state index in [2.05, 4.69) is 5.32 Å². The van der Waals surface area contributed by atoms with E-state index in [1.165, 1.54) is 0 Å². The summed E-state index contributed by atoms with van der Waals surface area (Å²) in [5.74, 6) is -1.15. The average molecular weight is 351 g/mol. The lowest BCUT2D eigenvalue weighted by atomic mass is 10.2. The molecule has 10 heteroatoms. The first-order chi connectivity index (χ1) is 9.18. The minimum atomic E-state index is -4.95. The van der Waals surface area contributed by atoms with E-state index in [9.17, 15) is 26.0 Å². The molecule has 0 aliphatic heterocycles. The quantitative estimate of drug-likeness (QED) is 0.610. The maximum atomic E-state index is 12.9. The van der Waals surface area contributed by atoms with Crippen LogP contribution in [-0.4, -0.2) is 28.1 Å². The van der Waals surface area contributed by atoms with E-state index in [1.807, 2.05) is 4.72 Å². The average Bonchev–Trinajstić information content (AvgIpc) is 2.33. The third-order valence-electron chi connectivity index (χ3n) is 2.38. The van der Waals surface area contributed by atoms with Crippen LogP contribution in [0.1, 0.15) is 12.5 Å². The molecule has 0 fully saturated rings. The van der Waals surface area contributed by atoms with Crippen LogP contribution in [0.25, 0.3) is 0 Å². The Morgan fingerprint density at radius 2 is 1.81 bits per heavy atom. The van der Waals surface area contributed by atoms with Gasteiger partial charge in [0, 0.05) is 13.1 Å². The Hall–Kier alpha value is -0.900. The fourth-order valence-electron chi connectivity index (χ4n) is 1.49. The monoisotopic (exact) mass is 350 g/mol. The molecule has 0 aromatic heterocycles. The molecule has 4 nitrogen and oxygen atoms in total. The van der Waals surface area contributed by atoms with Crippen molar-refractivity contribution in [2.45, 2.75) is 18.0 Å². The predicted octanol–water partition coefficient (Wildman–Crippen LogP) is 2.15. The van der Waals surface area contributed by atoms with Crippen LogP contribution in [0.4, 0.5) is 17.6 Å². The van der Waals surface area contributed by atoms with E-state index in [0.717, 1.165) is 0 Å². The Kier molecular flexibility index (Phi) is 7.58. The van der Waals surface area contributed by atoms with Gasteiger partial charge in [-0.15, -0.1) is 12.4 Å². The highest BCUT2D eigenvalue weighted by atomic mass is 35.5. The second-order valence-corrected chi connectivity index (χ2v) is 5.62. The molecule has 0 atom stereocenters. The van der Waals surface area contributed by atoms with Crippen molar-refractivity contribution < 1.29 is 26.0 Å². The molecule has 122 valence electrons. The number of halogens is 5. The number of rotatable bonds is 6. The molecule has 21 heavy (non-hydrogen) atoms. The van der Waals surface area contributed by atoms with Crippen LogP contribution in [0.5, 0.6) is 0 Å². The van der Waals surface area contributed by atoms with Crippen LogP contribution in [0.3, 0.4) is 0 Å². The number of alkyl halides is 3. The number of sulfonamides is 1. The highest BCUT2D eigenvalue weighted by Crippen LogP contribution is 2.34. The maximum absolute atomic E-state index is 12.9. The topological polar surface area (TPSA) is 58.2 Å². The largest absolute Gasteiger partial charge is 0.417 e. The van der Waals surface area contributed by atoms with Gasteiger partial charge in [-0.25, -0.2) is 17.5 Å². The Bertz CT molecular complexity index is 564. The molecular formula is C11H15ClF4N2O2S. The zero-order valence-corrected chi connectivity index (χ0v) is 12.6. The highest BCUT2D eigenvalue weighted by Gasteiger charge is 2.37. The van der Waals surface area contributed by atoms with Gasteiger partial charge in [0.2, 0.25) is 10.0 Å². The molecule has 0 bridgehead atoms. The number of benzene rings is 1. The van der Waals surface area contributed by atoms with E-state index in [0.29, 0.717) is 18.7 Å². The molecule has 1 aromatic rings. The van der Waals surface area contributed by atoms with Crippen molar-refractivity contribution in [3.05, 3.63) is 29.6 Å². The van der Waals surface area contributed by atoms with Crippen molar-refractivity contribution in [3.8, 4) is 0 Å². The summed E-state index contributed by atoms with van der Waals surface area (Å²) in [6, 6.07) is 1.45. The van der Waals surface area contributed by atoms with E-state index in [4.69, 9.17) is 0 Å². The molecule has 0 aliphatic carbocycles. The van der Waals surface area contributed by atoms with Gasteiger partial charge in [0.05, 0.1) is 10.5 Å². The standard InChI is InChI=1S/C11H14F4N2O2S.ClH/c1-2-16-5-6-17-20(18,19)10-4-3-8(12)7-9(10)11(13,14)15;/h3-4,7,16-17H,2,5-6H2,1H3;1H. The lowest BCUT2D eigenvalue weighted by molar-refractivity contribution is -0.140. The van der Waals surface area contributed by atoms with E-state index in [1.54, 1.807) is 6.92 Å². The van der Waals surface area contributed by atoms with Gasteiger partial charge in [-0.05, 0) is 24.7 Å². The lowest BCUT2D eigenvalue weighted by Crippen LogP contribution is -2.33. The van der Waals surface area contributed by atoms with Crippen LogP contribution in [0.2, 0.25) is 0 Å². The van der Waals surface area contributed by atoms with Crippen molar-refractivity contribution in [2.75, 3.05) is 19.6 Å². The summed E-state index contributed by atoms with van der Waals surface area (Å²) < 4.78 is 76.7. The minimum Gasteiger partial charge on any atom is -0.316 e. The molecule has 0 unspecified atom stereocenters. The van der Waals surface area contributed by atoms with Gasteiger partial charge in [0.25, 0.3) is 0 Å². The van der Waals surface area contributed by atoms with Gasteiger partial charge in [-0.2, -0.15) is 13.2 Å². The molecule has 2 N–H and O–H groups in total. The van der Waals surface area contributed by atoms with Crippen molar-refractivity contribution in [1.82, 2.24) is 10.0 Å². The zero-order valence-electron chi connectivity index (χ0n) is 11.0. The van der Waals surface area contributed by atoms with Crippen molar-refractivity contribution in [2.24, 2.45) is 0 Å². The van der Waals surface area contributed by atoms with Gasteiger partial charge < -0.3 is 5.32 Å². The SMILES string of the molecule is CCNCCNS(=O)(=O)c1ccc(F)cc1C(F)(F)F.Cl. The molecule has 0 radical (unpaired) electrons. The van der Waals surface area contributed by atoms with Gasteiger partial charge >= 0.3 is 6.18 Å². The molecule has 1 rings (SSSR count). The van der Waals surface area contributed by atoms with Gasteiger partial charge in [-0.1, -0.05) is 6.92 Å². The first-order valence-electron chi connectivity index (χ1n) is 5.75. The maximum Gasteiger partial charge on any atom is 0.417 e. The smallest absolute Gasteiger partial charge is 0.316 e. The summed E-state index contributed by atoms with van der Waals surface area (Å²) in [4.78, 5) is -0.983. The first-order valence-corrected chi connectivity index (χ1v) is 7.24. The molecule has 0 aliphatic rings. The normalized spacial score (nSPS) is 12.0. The molecule has 0 saturated heterocycles. The molecule has 0 amide bonds. The van der Waals surface area contributed by atoms with E-state index < -0.39 is 32.5 Å². The van der Waals surface area contributed by atoms with Gasteiger partial charge in [-0.3, -0.25) is 0 Å². The van der Waals surface area contributed by atoms with Gasteiger partial charge in [0.15, 0.2) is 0 Å². The predicted molar refractivity (Wildman–Crippen MR) is 72.4 cm³/mol. The van der Waals surface area contributed by atoms with Crippen molar-refractivity contribution >= 4 is 22.4 Å². The number of hydrogen-bond acceptors (Lipinski definition) is 3. The van der Waals surface area contributed by atoms with E-state index in [-0.39, 0.29) is 31.6 Å². The second kappa shape index (κ2) is 7.92. The molecule has 0 saturated carbocycles. The third-order valence-corrected chi connectivity index (χ3v) is 3.90. The number of nitrogens with one attached hydrogen (secondary N) is 2. The third kappa shape index (κ3) is 5.77. The van der Waals surface area contributed by atoms with Crippen LogP contribution >= 0.6 is 12.4 Å². The molecule has 1 aromatic carbocycles. The summed E-state index contributed by atoms with van der Waals surface area (Å²) in [6.45, 7) is 2.62. The minimum absolute atomic E-state index is 0. The fourth-order valence-corrected chi connectivity index (χ4v) is 2.72. The van der Waals surface area contributed by atoms with Crippen molar-refractivity contribution in [1.29, 1.82) is 0 Å². The molecule has 0 spiro atoms. The summed E-state index contributed by atoms with van der Waals surface area (Å²) >= 11 is 0. The molecular weight excluding hydrogens is 336 g/mol. The summed E-state index contributed by atoms with van der Waals surface area (Å²) in [7, 11) is -4.35. The fraction of sp³-hybridized carbons (Fsp3) is 0.455. The first kappa shape index (κ1) is 20.1. The number of hydrogen-bond donors (Lipinski definition) is 2. The van der Waals surface area contributed by atoms with Crippen LogP contribution in [0, 0.1) is 5.82 Å². The highest BCUT2D eigenvalue weighted by molar-refractivity contribution is 7.89. The van der Waals surface area contributed by atoms with Crippen LogP contribution in [-0.2, 0) is 16.2 Å². The Morgan fingerprint density at radius 3 is 2.33 bits per heavy atom. The van der Waals surface area contributed by atoms with Gasteiger partial charge in [0.1, 0.15) is 5.82 Å². The number of likely N-dealkylation sites (N-methyl/N-ethyl adjacent to an activating group) is 1. The summed E-state index contributed by atoms with van der Waals surface area (Å²) in [6.07, 6.45) is -4.95.